The molecule has 0 fully saturated rings. The van der Waals surface area contributed by atoms with Crippen molar-refractivity contribution in [2.24, 2.45) is 7.05 Å². The minimum Gasteiger partial charge on any atom is -1.00 e. The van der Waals surface area contributed by atoms with E-state index in [1.165, 1.54) is 27.5 Å². The number of hydrogen-bond donors (Lipinski definition) is 1. The van der Waals surface area contributed by atoms with E-state index in [-0.39, 0.29) is 29.4 Å². The van der Waals surface area contributed by atoms with Crippen LogP contribution in [0.3, 0.4) is 0 Å². The molecule has 0 bridgehead atoms. The zero-order valence-corrected chi connectivity index (χ0v) is 14.2. The van der Waals surface area contributed by atoms with Gasteiger partial charge in [0, 0.05) is 10.9 Å². The summed E-state index contributed by atoms with van der Waals surface area (Å²) in [5.74, 6) is 0. The van der Waals surface area contributed by atoms with Crippen molar-refractivity contribution >= 4 is 33.4 Å². The predicted octanol–water partition coefficient (Wildman–Crippen LogP) is 0.480. The van der Waals surface area contributed by atoms with Crippen molar-refractivity contribution in [2.75, 3.05) is 12.4 Å². The van der Waals surface area contributed by atoms with Crippen LogP contribution in [0.2, 0.25) is 0 Å². The fourth-order valence-electron chi connectivity index (χ4n) is 1.95. The van der Waals surface area contributed by atoms with E-state index < -0.39 is 0 Å². The van der Waals surface area contributed by atoms with Gasteiger partial charge >= 0.3 is 5.13 Å². The van der Waals surface area contributed by atoms with Crippen molar-refractivity contribution in [3.05, 3.63) is 34.7 Å². The number of anilines is 1. The lowest BCUT2D eigenvalue weighted by Crippen LogP contribution is -3.00. The maximum absolute atomic E-state index is 3.20. The second-order valence-electron chi connectivity index (χ2n) is 4.05. The van der Waals surface area contributed by atoms with Gasteiger partial charge in [-0.3, -0.25) is 5.32 Å². The molecule has 1 aromatic carbocycles. The van der Waals surface area contributed by atoms with Gasteiger partial charge in [-0.15, -0.1) is 17.0 Å². The average Bonchev–Trinajstić information content (AvgIpc) is 2.60. The number of thiazole rings is 1. The molecule has 0 aliphatic heterocycles. The molecular weight excluding hydrogens is 332 g/mol. The van der Waals surface area contributed by atoms with Gasteiger partial charge in [-0.05, 0) is 19.4 Å². The summed E-state index contributed by atoms with van der Waals surface area (Å²) in [5.41, 5.74) is 5.22. The smallest absolute Gasteiger partial charge is 0.333 e. The van der Waals surface area contributed by atoms with E-state index in [0.717, 1.165) is 0 Å². The van der Waals surface area contributed by atoms with Gasteiger partial charge in [0.15, 0.2) is 0 Å². The third-order valence-electron chi connectivity index (χ3n) is 2.82. The number of halogens is 2. The first kappa shape index (κ1) is 17.4. The Kier molecular flexibility index (Phi) is 6.89. The second kappa shape index (κ2) is 7.12. The van der Waals surface area contributed by atoms with Crippen molar-refractivity contribution in [3.63, 3.8) is 0 Å². The van der Waals surface area contributed by atoms with Crippen LogP contribution < -0.4 is 22.3 Å². The highest BCUT2D eigenvalue weighted by Gasteiger charge is 2.15. The summed E-state index contributed by atoms with van der Waals surface area (Å²) in [6.45, 7) is 4.29. The van der Waals surface area contributed by atoms with Crippen LogP contribution in [0.15, 0.2) is 23.6 Å². The maximum Gasteiger partial charge on any atom is 0.333 e. The zero-order chi connectivity index (χ0) is 11.7. The van der Waals surface area contributed by atoms with Gasteiger partial charge in [-0.25, -0.2) is 4.57 Å². The van der Waals surface area contributed by atoms with Crippen LogP contribution in [-0.4, -0.2) is 7.05 Å². The van der Waals surface area contributed by atoms with Crippen LogP contribution in [0.1, 0.15) is 11.1 Å². The van der Waals surface area contributed by atoms with Gasteiger partial charge in [-0.1, -0.05) is 35.1 Å². The van der Waals surface area contributed by atoms with Crippen molar-refractivity contribution in [1.29, 1.82) is 0 Å². The van der Waals surface area contributed by atoms with E-state index in [1.54, 1.807) is 11.3 Å². The van der Waals surface area contributed by atoms with Gasteiger partial charge < -0.3 is 12.4 Å². The average molecular weight is 350 g/mol. The van der Waals surface area contributed by atoms with Gasteiger partial charge in [0.1, 0.15) is 5.69 Å². The molecule has 2 nitrogen and oxygen atoms in total. The lowest BCUT2D eigenvalue weighted by molar-refractivity contribution is -0.641. The first-order valence-electron chi connectivity index (χ1n) is 5.36. The van der Waals surface area contributed by atoms with Crippen LogP contribution in [0.4, 0.5) is 5.13 Å². The van der Waals surface area contributed by atoms with Gasteiger partial charge in [-0.2, -0.15) is 0 Å². The molecule has 0 amide bonds. The minimum atomic E-state index is 0. The van der Waals surface area contributed by atoms with Gasteiger partial charge in [0.25, 0.3) is 0 Å². The molecule has 0 aliphatic rings. The van der Waals surface area contributed by atoms with E-state index in [1.807, 2.05) is 7.05 Å². The number of nitrogens with one attached hydrogen (secondary N) is 1. The summed E-state index contributed by atoms with van der Waals surface area (Å²) in [4.78, 5) is 0. The predicted molar refractivity (Wildman–Crippen MR) is 80.3 cm³/mol. The normalized spacial score (nSPS) is 9.33. The second-order valence-corrected chi connectivity index (χ2v) is 4.91. The summed E-state index contributed by atoms with van der Waals surface area (Å²) < 4.78 is 2.20. The summed E-state index contributed by atoms with van der Waals surface area (Å²) in [5, 5.41) is 6.57. The summed E-state index contributed by atoms with van der Waals surface area (Å²) in [6.07, 6.45) is 0. The number of rotatable bonds is 2. The van der Waals surface area contributed by atoms with E-state index in [2.05, 4.69) is 54.4 Å². The molecule has 0 aliphatic carbocycles. The number of nitrogens with zero attached hydrogens (tertiary/aromatic N) is 1. The lowest BCUT2D eigenvalue weighted by Gasteiger charge is -2.04. The summed E-state index contributed by atoms with van der Waals surface area (Å²) in [6, 6.07) is 6.59. The molecule has 1 aromatic heterocycles. The molecule has 5 heteroatoms. The molecule has 18 heavy (non-hydrogen) atoms. The molecule has 100 valence electrons. The molecule has 1 heterocycles. The highest BCUT2D eigenvalue weighted by Crippen LogP contribution is 2.25. The molecule has 0 saturated heterocycles. The highest BCUT2D eigenvalue weighted by molar-refractivity contribution is 8.93. The molecular formula is C13H18BrClN2S. The third kappa shape index (κ3) is 3.25. The topological polar surface area (TPSA) is 15.9 Å². The molecule has 0 spiro atoms. The van der Waals surface area contributed by atoms with Crippen molar-refractivity contribution < 1.29 is 17.0 Å². The van der Waals surface area contributed by atoms with E-state index >= 15 is 0 Å². The maximum atomic E-state index is 3.20. The molecule has 2 aromatic rings. The van der Waals surface area contributed by atoms with E-state index in [0.29, 0.717) is 0 Å². The molecule has 0 unspecified atom stereocenters. The first-order chi connectivity index (χ1) is 7.63. The van der Waals surface area contributed by atoms with Crippen LogP contribution in [0.25, 0.3) is 11.3 Å². The first-order valence-corrected chi connectivity index (χ1v) is 6.24. The molecule has 0 saturated carbocycles. The van der Waals surface area contributed by atoms with E-state index in [9.17, 15) is 0 Å². The molecule has 1 N–H and O–H groups in total. The van der Waals surface area contributed by atoms with Crippen LogP contribution in [0.5, 0.6) is 0 Å². The Hall–Kier alpha value is -0.580. The van der Waals surface area contributed by atoms with Crippen LogP contribution in [0, 0.1) is 13.8 Å². The Bertz CT molecular complexity index is 526. The zero-order valence-electron chi connectivity index (χ0n) is 11.0. The number of aromatic nitrogens is 1. The lowest BCUT2D eigenvalue weighted by atomic mass is 10.0. The molecule has 2 rings (SSSR count). The Morgan fingerprint density at radius 1 is 1.22 bits per heavy atom. The summed E-state index contributed by atoms with van der Waals surface area (Å²) in [7, 11) is 4.05. The Balaban J connectivity index is 0.00000144. The standard InChI is InChI=1S/C13H16N2S.BrH.ClH/c1-9-5-6-11(10(2)7-9)12-8-16-13(14-3)15(12)4;;/h5-8H,1-4H3;2*1H. The number of hydrogen-bond acceptors (Lipinski definition) is 2. The van der Waals surface area contributed by atoms with Crippen molar-refractivity contribution in [3.8, 4) is 11.3 Å². The minimum absolute atomic E-state index is 0. The van der Waals surface area contributed by atoms with Crippen molar-refractivity contribution in [1.82, 2.24) is 0 Å². The van der Waals surface area contributed by atoms with Gasteiger partial charge in [0.05, 0.1) is 14.1 Å². The van der Waals surface area contributed by atoms with Gasteiger partial charge in [0.2, 0.25) is 0 Å². The Labute approximate surface area is 129 Å². The van der Waals surface area contributed by atoms with Crippen LogP contribution >= 0.6 is 28.3 Å². The fraction of sp³-hybridized carbons (Fsp3) is 0.308. The third-order valence-corrected chi connectivity index (χ3v) is 3.86. The fourth-order valence-corrected chi connectivity index (χ4v) is 2.83. The Morgan fingerprint density at radius 3 is 2.39 bits per heavy atom. The highest BCUT2D eigenvalue weighted by atomic mass is 79.9. The summed E-state index contributed by atoms with van der Waals surface area (Å²) >= 11 is 1.74. The molecule has 0 radical (unpaired) electrons. The molecule has 0 atom stereocenters. The number of benzene rings is 1. The van der Waals surface area contributed by atoms with Crippen LogP contribution in [-0.2, 0) is 7.05 Å². The SMILES string of the molecule is Br.CNc1scc(-c2ccc(C)cc2C)[n+]1C.[Cl-]. The largest absolute Gasteiger partial charge is 1.00 e. The monoisotopic (exact) mass is 348 g/mol. The van der Waals surface area contributed by atoms with Crippen molar-refractivity contribution in [2.45, 2.75) is 13.8 Å². The number of aryl methyl sites for hydroxylation is 2. The Morgan fingerprint density at radius 2 is 1.89 bits per heavy atom. The quantitative estimate of drug-likeness (QED) is 0.780. The van der Waals surface area contributed by atoms with E-state index in [4.69, 9.17) is 0 Å².